The lowest BCUT2D eigenvalue weighted by Gasteiger charge is -1.98. The second kappa shape index (κ2) is 5.39. The molecule has 0 fully saturated rings. The van der Waals surface area contributed by atoms with Gasteiger partial charge in [-0.1, -0.05) is 0 Å². The third-order valence-electron chi connectivity index (χ3n) is 1.67. The largest absolute Gasteiger partial charge is 0.461 e. The fourth-order valence-corrected chi connectivity index (χ4v) is 1.03. The molecule has 14 heavy (non-hydrogen) atoms. The third kappa shape index (κ3) is 2.85. The fourth-order valence-electron chi connectivity index (χ4n) is 1.03. The van der Waals surface area contributed by atoms with E-state index in [1.54, 1.807) is 23.9 Å². The molecule has 0 amide bonds. The predicted octanol–water partition coefficient (Wildman–Crippen LogP) is 0.442. The SMILES string of the molecule is CCOC(=O)c1ccn(CCCO)n1. The van der Waals surface area contributed by atoms with Gasteiger partial charge in [-0.3, -0.25) is 4.68 Å². The Bertz CT molecular complexity index is 296. The standard InChI is InChI=1S/C9H14N2O3/c1-2-14-9(13)8-4-6-11(10-8)5-3-7-12/h4,6,12H,2-3,5,7H2,1H3. The van der Waals surface area contributed by atoms with Crippen LogP contribution >= 0.6 is 0 Å². The number of esters is 1. The van der Waals surface area contributed by atoms with Crippen LogP contribution in [0.25, 0.3) is 0 Å². The maximum absolute atomic E-state index is 11.2. The van der Waals surface area contributed by atoms with E-state index in [2.05, 4.69) is 5.10 Å². The van der Waals surface area contributed by atoms with Gasteiger partial charge < -0.3 is 9.84 Å². The summed E-state index contributed by atoms with van der Waals surface area (Å²) in [6.45, 7) is 2.83. The van der Waals surface area contributed by atoms with Gasteiger partial charge in [0.25, 0.3) is 0 Å². The summed E-state index contributed by atoms with van der Waals surface area (Å²) in [6.07, 6.45) is 2.33. The van der Waals surface area contributed by atoms with Crippen molar-refractivity contribution in [3.63, 3.8) is 0 Å². The second-order valence-electron chi connectivity index (χ2n) is 2.76. The molecule has 0 aliphatic heterocycles. The molecule has 0 aromatic carbocycles. The number of carbonyl (C=O) groups excluding carboxylic acids is 1. The summed E-state index contributed by atoms with van der Waals surface area (Å²) in [5.41, 5.74) is 0.310. The molecule has 5 nitrogen and oxygen atoms in total. The van der Waals surface area contributed by atoms with E-state index in [-0.39, 0.29) is 6.61 Å². The van der Waals surface area contributed by atoms with Crippen molar-refractivity contribution in [3.05, 3.63) is 18.0 Å². The van der Waals surface area contributed by atoms with Gasteiger partial charge in [-0.05, 0) is 19.4 Å². The minimum Gasteiger partial charge on any atom is -0.461 e. The van der Waals surface area contributed by atoms with E-state index in [4.69, 9.17) is 9.84 Å². The number of hydrogen-bond donors (Lipinski definition) is 1. The average Bonchev–Trinajstić information content (AvgIpc) is 2.63. The van der Waals surface area contributed by atoms with Crippen LogP contribution < -0.4 is 0 Å². The topological polar surface area (TPSA) is 64.3 Å². The molecule has 0 spiro atoms. The Morgan fingerprint density at radius 3 is 3.14 bits per heavy atom. The molecule has 1 N–H and O–H groups in total. The molecular formula is C9H14N2O3. The first-order valence-electron chi connectivity index (χ1n) is 4.59. The predicted molar refractivity (Wildman–Crippen MR) is 49.9 cm³/mol. The molecule has 5 heteroatoms. The second-order valence-corrected chi connectivity index (χ2v) is 2.76. The smallest absolute Gasteiger partial charge is 0.358 e. The molecular weight excluding hydrogens is 184 g/mol. The van der Waals surface area contributed by atoms with Crippen LogP contribution in [-0.2, 0) is 11.3 Å². The number of aliphatic hydroxyl groups excluding tert-OH is 1. The highest BCUT2D eigenvalue weighted by Gasteiger charge is 2.09. The van der Waals surface area contributed by atoms with Crippen molar-refractivity contribution < 1.29 is 14.6 Å². The number of hydrogen-bond acceptors (Lipinski definition) is 4. The first-order chi connectivity index (χ1) is 6.77. The van der Waals surface area contributed by atoms with Gasteiger partial charge in [-0.25, -0.2) is 4.79 Å². The van der Waals surface area contributed by atoms with Gasteiger partial charge in [-0.2, -0.15) is 5.10 Å². The number of carbonyl (C=O) groups is 1. The van der Waals surface area contributed by atoms with E-state index in [0.717, 1.165) is 0 Å². The summed E-state index contributed by atoms with van der Waals surface area (Å²) in [7, 11) is 0. The van der Waals surface area contributed by atoms with Gasteiger partial charge in [0.1, 0.15) is 0 Å². The zero-order valence-corrected chi connectivity index (χ0v) is 8.14. The number of aromatic nitrogens is 2. The molecule has 0 atom stereocenters. The zero-order chi connectivity index (χ0) is 10.4. The van der Waals surface area contributed by atoms with Gasteiger partial charge in [0.05, 0.1) is 6.61 Å². The van der Waals surface area contributed by atoms with Crippen molar-refractivity contribution in [1.82, 2.24) is 9.78 Å². The van der Waals surface area contributed by atoms with E-state index in [9.17, 15) is 4.79 Å². The lowest BCUT2D eigenvalue weighted by atomic mass is 10.4. The Morgan fingerprint density at radius 1 is 1.71 bits per heavy atom. The summed E-state index contributed by atoms with van der Waals surface area (Å²) in [6, 6.07) is 1.61. The molecule has 0 radical (unpaired) electrons. The number of ether oxygens (including phenoxy) is 1. The first-order valence-corrected chi connectivity index (χ1v) is 4.59. The lowest BCUT2D eigenvalue weighted by molar-refractivity contribution is 0.0518. The van der Waals surface area contributed by atoms with Crippen molar-refractivity contribution in [3.8, 4) is 0 Å². The van der Waals surface area contributed by atoms with E-state index in [1.807, 2.05) is 0 Å². The quantitative estimate of drug-likeness (QED) is 0.697. The Morgan fingerprint density at radius 2 is 2.50 bits per heavy atom. The fraction of sp³-hybridized carbons (Fsp3) is 0.556. The van der Waals surface area contributed by atoms with Crippen molar-refractivity contribution in [2.45, 2.75) is 19.9 Å². The maximum atomic E-state index is 11.2. The van der Waals surface area contributed by atoms with E-state index in [0.29, 0.717) is 25.3 Å². The van der Waals surface area contributed by atoms with Crippen LogP contribution in [0.4, 0.5) is 0 Å². The van der Waals surface area contributed by atoms with Crippen molar-refractivity contribution in [2.75, 3.05) is 13.2 Å². The normalized spacial score (nSPS) is 10.1. The molecule has 1 aromatic rings. The van der Waals surface area contributed by atoms with Crippen molar-refractivity contribution in [1.29, 1.82) is 0 Å². The molecule has 0 saturated carbocycles. The molecule has 0 saturated heterocycles. The molecule has 1 aromatic heterocycles. The van der Waals surface area contributed by atoms with Crippen LogP contribution in [0.3, 0.4) is 0 Å². The molecule has 0 bridgehead atoms. The highest BCUT2D eigenvalue weighted by molar-refractivity contribution is 5.86. The van der Waals surface area contributed by atoms with E-state index >= 15 is 0 Å². The summed E-state index contributed by atoms with van der Waals surface area (Å²) < 4.78 is 6.40. The summed E-state index contributed by atoms with van der Waals surface area (Å²) in [5, 5.41) is 12.6. The third-order valence-corrected chi connectivity index (χ3v) is 1.67. The summed E-state index contributed by atoms with van der Waals surface area (Å²) >= 11 is 0. The van der Waals surface area contributed by atoms with Gasteiger partial charge in [0.15, 0.2) is 5.69 Å². The van der Waals surface area contributed by atoms with E-state index < -0.39 is 5.97 Å². The van der Waals surface area contributed by atoms with Crippen LogP contribution in [0.1, 0.15) is 23.8 Å². The Labute approximate surface area is 82.3 Å². The van der Waals surface area contributed by atoms with Gasteiger partial charge in [0.2, 0.25) is 0 Å². The van der Waals surface area contributed by atoms with Crippen LogP contribution in [-0.4, -0.2) is 34.1 Å². The van der Waals surface area contributed by atoms with Crippen LogP contribution in [0.2, 0.25) is 0 Å². The Hall–Kier alpha value is -1.36. The summed E-state index contributed by atoms with van der Waals surface area (Å²) in [4.78, 5) is 11.2. The Balaban J connectivity index is 2.54. The maximum Gasteiger partial charge on any atom is 0.358 e. The molecule has 0 aliphatic carbocycles. The Kier molecular flexibility index (Phi) is 4.12. The van der Waals surface area contributed by atoms with Gasteiger partial charge in [-0.15, -0.1) is 0 Å². The monoisotopic (exact) mass is 198 g/mol. The van der Waals surface area contributed by atoms with Gasteiger partial charge in [0, 0.05) is 19.3 Å². The van der Waals surface area contributed by atoms with Crippen LogP contribution in [0.15, 0.2) is 12.3 Å². The highest BCUT2D eigenvalue weighted by atomic mass is 16.5. The highest BCUT2D eigenvalue weighted by Crippen LogP contribution is 1.99. The van der Waals surface area contributed by atoms with E-state index in [1.165, 1.54) is 0 Å². The van der Waals surface area contributed by atoms with Crippen molar-refractivity contribution in [2.24, 2.45) is 0 Å². The molecule has 1 heterocycles. The first kappa shape index (κ1) is 10.7. The van der Waals surface area contributed by atoms with Crippen LogP contribution in [0, 0.1) is 0 Å². The molecule has 0 aliphatic rings. The number of nitrogens with zero attached hydrogens (tertiary/aromatic N) is 2. The number of aliphatic hydroxyl groups is 1. The molecule has 78 valence electrons. The van der Waals surface area contributed by atoms with Gasteiger partial charge >= 0.3 is 5.97 Å². The van der Waals surface area contributed by atoms with Crippen molar-refractivity contribution >= 4 is 5.97 Å². The average molecular weight is 198 g/mol. The summed E-state index contributed by atoms with van der Waals surface area (Å²) in [5.74, 6) is -0.407. The zero-order valence-electron chi connectivity index (χ0n) is 8.14. The molecule has 1 rings (SSSR count). The minimum atomic E-state index is -0.407. The number of rotatable bonds is 5. The number of aryl methyl sites for hydroxylation is 1. The lowest BCUT2D eigenvalue weighted by Crippen LogP contribution is -2.07. The minimum absolute atomic E-state index is 0.120. The molecule has 0 unspecified atom stereocenters. The van der Waals surface area contributed by atoms with Crippen LogP contribution in [0.5, 0.6) is 0 Å².